The van der Waals surface area contributed by atoms with Gasteiger partial charge >= 0.3 is 5.97 Å². The van der Waals surface area contributed by atoms with Crippen molar-refractivity contribution in [2.45, 2.75) is 43.9 Å². The van der Waals surface area contributed by atoms with Crippen LogP contribution in [0.3, 0.4) is 0 Å². The van der Waals surface area contributed by atoms with E-state index in [-0.39, 0.29) is 17.5 Å². The number of rotatable bonds is 9. The minimum absolute atomic E-state index is 0.161. The summed E-state index contributed by atoms with van der Waals surface area (Å²) in [4.78, 5) is 11.1. The van der Waals surface area contributed by atoms with Crippen LogP contribution in [0.2, 0.25) is 0 Å². The van der Waals surface area contributed by atoms with Crippen LogP contribution in [-0.4, -0.2) is 28.1 Å². The molecule has 0 unspecified atom stereocenters. The molecule has 0 amide bonds. The molecule has 0 saturated carbocycles. The van der Waals surface area contributed by atoms with Crippen molar-refractivity contribution in [1.29, 1.82) is 0 Å². The number of carbonyl (C=O) groups excluding carboxylic acids is 1. The van der Waals surface area contributed by atoms with E-state index in [1.807, 2.05) is 6.92 Å². The van der Waals surface area contributed by atoms with E-state index in [4.69, 9.17) is 4.18 Å². The van der Waals surface area contributed by atoms with Crippen LogP contribution in [0.5, 0.6) is 0 Å². The molecular formula is C15H22O5S. The van der Waals surface area contributed by atoms with Gasteiger partial charge < -0.3 is 4.74 Å². The van der Waals surface area contributed by atoms with E-state index >= 15 is 0 Å². The molecule has 21 heavy (non-hydrogen) atoms. The summed E-state index contributed by atoms with van der Waals surface area (Å²) in [5.41, 5.74) is 1.000. The smallest absolute Gasteiger partial charge is 0.305 e. The Kier molecular flexibility index (Phi) is 7.39. The van der Waals surface area contributed by atoms with Crippen LogP contribution in [0.4, 0.5) is 0 Å². The van der Waals surface area contributed by atoms with E-state index in [2.05, 4.69) is 4.74 Å². The van der Waals surface area contributed by atoms with Crippen LogP contribution >= 0.6 is 0 Å². The maximum atomic E-state index is 11.9. The number of aryl methyl sites for hydroxylation is 1. The monoisotopic (exact) mass is 314 g/mol. The lowest BCUT2D eigenvalue weighted by Gasteiger charge is -2.06. The Morgan fingerprint density at radius 2 is 1.67 bits per heavy atom. The Balaban J connectivity index is 2.23. The fraction of sp³-hybridized carbons (Fsp3) is 0.533. The number of esters is 1. The Hall–Kier alpha value is -1.40. The summed E-state index contributed by atoms with van der Waals surface area (Å²) < 4.78 is 33.3. The van der Waals surface area contributed by atoms with Crippen molar-refractivity contribution in [3.05, 3.63) is 29.8 Å². The van der Waals surface area contributed by atoms with Gasteiger partial charge in [-0.3, -0.25) is 8.98 Å². The van der Waals surface area contributed by atoms with E-state index in [9.17, 15) is 13.2 Å². The average Bonchev–Trinajstić information content (AvgIpc) is 2.46. The Morgan fingerprint density at radius 1 is 1.05 bits per heavy atom. The second kappa shape index (κ2) is 8.79. The number of methoxy groups -OCH3 is 1. The van der Waals surface area contributed by atoms with Gasteiger partial charge in [-0.1, -0.05) is 30.5 Å². The first-order chi connectivity index (χ1) is 9.95. The van der Waals surface area contributed by atoms with Gasteiger partial charge in [0.25, 0.3) is 10.1 Å². The third kappa shape index (κ3) is 6.73. The summed E-state index contributed by atoms with van der Waals surface area (Å²) in [6.45, 7) is 2.06. The van der Waals surface area contributed by atoms with Crippen LogP contribution in [0, 0.1) is 6.92 Å². The summed E-state index contributed by atoms with van der Waals surface area (Å²) >= 11 is 0. The molecule has 0 aliphatic rings. The predicted molar refractivity (Wildman–Crippen MR) is 79.4 cm³/mol. The highest BCUT2D eigenvalue weighted by atomic mass is 32.2. The maximum absolute atomic E-state index is 11.9. The van der Waals surface area contributed by atoms with Crippen LogP contribution in [0.25, 0.3) is 0 Å². The molecule has 0 aliphatic carbocycles. The zero-order valence-electron chi connectivity index (χ0n) is 12.5. The molecule has 6 heteroatoms. The van der Waals surface area contributed by atoms with Crippen molar-refractivity contribution in [2.75, 3.05) is 13.7 Å². The lowest BCUT2D eigenvalue weighted by molar-refractivity contribution is -0.140. The van der Waals surface area contributed by atoms with Gasteiger partial charge in [0.05, 0.1) is 18.6 Å². The normalized spacial score (nSPS) is 11.3. The lowest BCUT2D eigenvalue weighted by Crippen LogP contribution is -2.07. The van der Waals surface area contributed by atoms with Gasteiger partial charge in [0.1, 0.15) is 0 Å². The molecule has 0 aliphatic heterocycles. The first-order valence-electron chi connectivity index (χ1n) is 6.98. The fourth-order valence-electron chi connectivity index (χ4n) is 1.77. The maximum Gasteiger partial charge on any atom is 0.305 e. The van der Waals surface area contributed by atoms with Crippen molar-refractivity contribution in [3.63, 3.8) is 0 Å². The highest BCUT2D eigenvalue weighted by Crippen LogP contribution is 2.14. The first kappa shape index (κ1) is 17.7. The minimum Gasteiger partial charge on any atom is -0.469 e. The van der Waals surface area contributed by atoms with Gasteiger partial charge in [0, 0.05) is 6.42 Å². The molecule has 0 fully saturated rings. The number of hydrogen-bond acceptors (Lipinski definition) is 5. The highest BCUT2D eigenvalue weighted by Gasteiger charge is 2.14. The topological polar surface area (TPSA) is 69.7 Å². The van der Waals surface area contributed by atoms with Gasteiger partial charge in [0.2, 0.25) is 0 Å². The van der Waals surface area contributed by atoms with Gasteiger partial charge in [-0.05, 0) is 31.9 Å². The average molecular weight is 314 g/mol. The Labute approximate surface area is 126 Å². The molecule has 0 saturated heterocycles. The third-order valence-electron chi connectivity index (χ3n) is 3.05. The largest absolute Gasteiger partial charge is 0.469 e. The van der Waals surface area contributed by atoms with E-state index < -0.39 is 10.1 Å². The standard InChI is InChI=1S/C15H22O5S/c1-13-8-10-14(11-9-13)21(17,18)20-12-6-4-3-5-7-15(16)19-2/h8-11H,3-7,12H2,1-2H3. The Morgan fingerprint density at radius 3 is 2.29 bits per heavy atom. The van der Waals surface area contributed by atoms with E-state index in [0.29, 0.717) is 12.8 Å². The van der Waals surface area contributed by atoms with E-state index in [1.54, 1.807) is 24.3 Å². The Bertz CT molecular complexity index is 534. The molecule has 0 N–H and O–H groups in total. The molecule has 0 atom stereocenters. The highest BCUT2D eigenvalue weighted by molar-refractivity contribution is 7.86. The molecule has 118 valence electrons. The predicted octanol–water partition coefficient (Wildman–Crippen LogP) is 2.82. The number of hydrogen-bond donors (Lipinski definition) is 0. The van der Waals surface area contributed by atoms with Gasteiger partial charge in [0.15, 0.2) is 0 Å². The summed E-state index contributed by atoms with van der Waals surface area (Å²) in [5, 5.41) is 0. The van der Waals surface area contributed by atoms with Crippen LogP contribution in [0.1, 0.15) is 37.7 Å². The molecule has 1 aromatic rings. The number of benzene rings is 1. The fourth-order valence-corrected chi connectivity index (χ4v) is 2.71. The molecule has 0 heterocycles. The molecule has 1 rings (SSSR count). The van der Waals surface area contributed by atoms with Crippen molar-refractivity contribution in [1.82, 2.24) is 0 Å². The quantitative estimate of drug-likeness (QED) is 0.398. The minimum atomic E-state index is -3.66. The van der Waals surface area contributed by atoms with E-state index in [0.717, 1.165) is 24.8 Å². The molecule has 1 aromatic carbocycles. The second-order valence-electron chi connectivity index (χ2n) is 4.83. The van der Waals surface area contributed by atoms with E-state index in [1.165, 1.54) is 7.11 Å². The van der Waals surface area contributed by atoms with Gasteiger partial charge in [-0.25, -0.2) is 0 Å². The van der Waals surface area contributed by atoms with Crippen molar-refractivity contribution in [2.24, 2.45) is 0 Å². The van der Waals surface area contributed by atoms with Crippen LogP contribution in [-0.2, 0) is 23.8 Å². The summed E-state index contributed by atoms with van der Waals surface area (Å²) in [6, 6.07) is 6.56. The zero-order valence-corrected chi connectivity index (χ0v) is 13.3. The molecule has 5 nitrogen and oxygen atoms in total. The van der Waals surface area contributed by atoms with Crippen molar-refractivity contribution >= 4 is 16.1 Å². The molecule has 0 bridgehead atoms. The molecule has 0 radical (unpaired) electrons. The van der Waals surface area contributed by atoms with Gasteiger partial charge in [-0.15, -0.1) is 0 Å². The van der Waals surface area contributed by atoms with Crippen LogP contribution in [0.15, 0.2) is 29.2 Å². The number of carbonyl (C=O) groups is 1. The molecule has 0 spiro atoms. The van der Waals surface area contributed by atoms with Gasteiger partial charge in [-0.2, -0.15) is 8.42 Å². The molecule has 0 aromatic heterocycles. The number of ether oxygens (including phenoxy) is 1. The van der Waals surface area contributed by atoms with Crippen LogP contribution < -0.4 is 0 Å². The zero-order chi connectivity index (χ0) is 15.7. The third-order valence-corrected chi connectivity index (χ3v) is 4.38. The summed E-state index contributed by atoms with van der Waals surface area (Å²) in [7, 11) is -2.29. The molecular weight excluding hydrogens is 292 g/mol. The second-order valence-corrected chi connectivity index (χ2v) is 6.44. The lowest BCUT2D eigenvalue weighted by atomic mass is 10.1. The number of unbranched alkanes of at least 4 members (excludes halogenated alkanes) is 3. The SMILES string of the molecule is COC(=O)CCCCCCOS(=O)(=O)c1ccc(C)cc1. The van der Waals surface area contributed by atoms with Crippen molar-refractivity contribution < 1.29 is 22.1 Å². The van der Waals surface area contributed by atoms with Crippen molar-refractivity contribution in [3.8, 4) is 0 Å². The summed E-state index contributed by atoms with van der Waals surface area (Å²) in [6.07, 6.45) is 3.46. The first-order valence-corrected chi connectivity index (χ1v) is 8.39. The summed E-state index contributed by atoms with van der Waals surface area (Å²) in [5.74, 6) is -0.215.